The zero-order valence-electron chi connectivity index (χ0n) is 11.5. The first-order chi connectivity index (χ1) is 9.93. The molecule has 0 saturated heterocycles. The van der Waals surface area contributed by atoms with Gasteiger partial charge in [-0.15, -0.1) is 11.8 Å². The summed E-state index contributed by atoms with van der Waals surface area (Å²) < 4.78 is 1.59. The van der Waals surface area contributed by atoms with Crippen LogP contribution in [-0.2, 0) is 11.2 Å². The van der Waals surface area contributed by atoms with Gasteiger partial charge >= 0.3 is 5.97 Å². The molecule has 1 aromatic carbocycles. The third-order valence-electron chi connectivity index (χ3n) is 3.05. The summed E-state index contributed by atoms with van der Waals surface area (Å²) in [6, 6.07) is 7.37. The van der Waals surface area contributed by atoms with Gasteiger partial charge in [-0.1, -0.05) is 6.07 Å². The van der Waals surface area contributed by atoms with Crippen molar-refractivity contribution in [1.29, 1.82) is 0 Å². The van der Waals surface area contributed by atoms with Crippen LogP contribution in [0.3, 0.4) is 0 Å². The first-order valence-corrected chi connectivity index (χ1v) is 7.78. The summed E-state index contributed by atoms with van der Waals surface area (Å²) in [5, 5.41) is 8.94. The minimum atomic E-state index is -1.05. The molecule has 0 aliphatic carbocycles. The molecule has 0 atom stereocenters. The van der Waals surface area contributed by atoms with E-state index in [1.54, 1.807) is 24.8 Å². The van der Waals surface area contributed by atoms with Crippen LogP contribution in [0.15, 0.2) is 34.0 Å². The molecule has 0 bridgehead atoms. The number of aromatic nitrogens is 2. The van der Waals surface area contributed by atoms with E-state index >= 15 is 0 Å². The molecular formula is C14H14N2O3S2. The van der Waals surface area contributed by atoms with Gasteiger partial charge in [0.25, 0.3) is 5.56 Å². The first-order valence-electron chi connectivity index (χ1n) is 6.15. The van der Waals surface area contributed by atoms with Gasteiger partial charge in [0.2, 0.25) is 0 Å². The molecule has 110 valence electrons. The van der Waals surface area contributed by atoms with Crippen LogP contribution in [0.25, 0.3) is 5.69 Å². The van der Waals surface area contributed by atoms with E-state index in [1.165, 1.54) is 4.57 Å². The Balaban J connectivity index is 2.71. The van der Waals surface area contributed by atoms with Crippen LogP contribution in [0.4, 0.5) is 0 Å². The Morgan fingerprint density at radius 2 is 2.19 bits per heavy atom. The lowest BCUT2D eigenvalue weighted by Gasteiger charge is -2.11. The number of aliphatic carboxylic acids is 1. The van der Waals surface area contributed by atoms with Crippen LogP contribution >= 0.6 is 24.0 Å². The summed E-state index contributed by atoms with van der Waals surface area (Å²) in [6.45, 7) is 1.65. The number of thioether (sulfide) groups is 1. The molecule has 7 heteroatoms. The van der Waals surface area contributed by atoms with E-state index in [9.17, 15) is 9.59 Å². The Bertz CT molecular complexity index is 809. The van der Waals surface area contributed by atoms with Crippen molar-refractivity contribution in [3.63, 3.8) is 0 Å². The summed E-state index contributed by atoms with van der Waals surface area (Å²) in [7, 11) is 0. The van der Waals surface area contributed by atoms with Gasteiger partial charge in [0.1, 0.15) is 0 Å². The number of aryl methyl sites for hydroxylation is 1. The van der Waals surface area contributed by atoms with Gasteiger partial charge in [0, 0.05) is 16.2 Å². The Morgan fingerprint density at radius 3 is 2.81 bits per heavy atom. The van der Waals surface area contributed by atoms with Crippen LogP contribution in [0.5, 0.6) is 0 Å². The van der Waals surface area contributed by atoms with E-state index in [1.807, 2.05) is 24.5 Å². The van der Waals surface area contributed by atoms with E-state index < -0.39 is 11.5 Å². The highest BCUT2D eigenvalue weighted by molar-refractivity contribution is 7.98. The number of carboxylic acid groups (broad SMARTS) is 1. The molecule has 2 aromatic rings. The van der Waals surface area contributed by atoms with E-state index in [2.05, 4.69) is 4.98 Å². The quantitative estimate of drug-likeness (QED) is 0.668. The van der Waals surface area contributed by atoms with Crippen molar-refractivity contribution in [1.82, 2.24) is 9.55 Å². The van der Waals surface area contributed by atoms with Gasteiger partial charge in [-0.3, -0.25) is 14.2 Å². The average molecular weight is 322 g/mol. The topological polar surface area (TPSA) is 75.1 Å². The van der Waals surface area contributed by atoms with Crippen LogP contribution in [0, 0.1) is 11.7 Å². The fraction of sp³-hybridized carbons (Fsp3) is 0.214. The molecule has 0 unspecified atom stereocenters. The standard InChI is InChI=1S/C14H14N2O3S2/c1-8-11(7-12(17)18)13(19)16(14(20)15-8)9-4-3-5-10(6-9)21-2/h3-6H,7H2,1-2H3,(H,15,20)(H,17,18). The van der Waals surface area contributed by atoms with Crippen LogP contribution < -0.4 is 5.56 Å². The number of hydrogen-bond acceptors (Lipinski definition) is 4. The van der Waals surface area contributed by atoms with E-state index in [0.717, 1.165) is 4.90 Å². The third kappa shape index (κ3) is 3.25. The molecule has 0 aliphatic heterocycles. The van der Waals surface area contributed by atoms with Gasteiger partial charge in [-0.05, 0) is 43.6 Å². The predicted molar refractivity (Wildman–Crippen MR) is 85.1 cm³/mol. The van der Waals surface area contributed by atoms with Crippen molar-refractivity contribution >= 4 is 29.9 Å². The summed E-state index contributed by atoms with van der Waals surface area (Å²) in [4.78, 5) is 27.4. The maximum absolute atomic E-state index is 12.6. The number of H-pyrrole nitrogens is 1. The number of carboxylic acids is 1. The fourth-order valence-corrected chi connectivity index (χ4v) is 2.82. The Kier molecular flexibility index (Phi) is 4.64. The molecule has 1 heterocycles. The first kappa shape index (κ1) is 15.5. The summed E-state index contributed by atoms with van der Waals surface area (Å²) in [5.74, 6) is -1.05. The molecule has 2 rings (SSSR count). The molecule has 0 amide bonds. The average Bonchev–Trinajstić information content (AvgIpc) is 2.43. The zero-order chi connectivity index (χ0) is 15.6. The highest BCUT2D eigenvalue weighted by Crippen LogP contribution is 2.18. The summed E-state index contributed by atoms with van der Waals surface area (Å²) in [5.41, 5.74) is 0.937. The monoisotopic (exact) mass is 322 g/mol. The molecule has 0 fully saturated rings. The van der Waals surface area contributed by atoms with E-state index in [-0.39, 0.29) is 16.8 Å². The predicted octanol–water partition coefficient (Wildman–Crippen LogP) is 2.55. The van der Waals surface area contributed by atoms with Crippen LogP contribution in [0.1, 0.15) is 11.3 Å². The molecule has 1 aromatic heterocycles. The van der Waals surface area contributed by atoms with Crippen molar-refractivity contribution in [2.24, 2.45) is 0 Å². The van der Waals surface area contributed by atoms with Gasteiger partial charge in [-0.2, -0.15) is 0 Å². The summed E-state index contributed by atoms with van der Waals surface area (Å²) >= 11 is 6.77. The number of carbonyl (C=O) groups is 1. The molecule has 0 radical (unpaired) electrons. The molecule has 0 spiro atoms. The van der Waals surface area contributed by atoms with E-state index in [0.29, 0.717) is 11.4 Å². The van der Waals surface area contributed by atoms with Crippen molar-refractivity contribution in [3.05, 3.63) is 50.6 Å². The minimum absolute atomic E-state index is 0.214. The second kappa shape index (κ2) is 6.28. The number of rotatable bonds is 4. The molecule has 0 aliphatic rings. The maximum Gasteiger partial charge on any atom is 0.308 e. The molecule has 5 nitrogen and oxygen atoms in total. The van der Waals surface area contributed by atoms with E-state index in [4.69, 9.17) is 17.3 Å². The van der Waals surface area contributed by atoms with Crippen molar-refractivity contribution in [2.45, 2.75) is 18.2 Å². The second-order valence-electron chi connectivity index (χ2n) is 4.45. The molecular weight excluding hydrogens is 308 g/mol. The number of nitrogens with one attached hydrogen (secondary N) is 1. The summed E-state index contributed by atoms with van der Waals surface area (Å²) in [6.07, 6.45) is 1.60. The van der Waals surface area contributed by atoms with Gasteiger partial charge in [0.15, 0.2) is 4.77 Å². The zero-order valence-corrected chi connectivity index (χ0v) is 13.2. The molecule has 21 heavy (non-hydrogen) atoms. The van der Waals surface area contributed by atoms with Gasteiger partial charge < -0.3 is 10.1 Å². The molecule has 0 saturated carbocycles. The Labute approximate surface area is 130 Å². The number of benzene rings is 1. The Morgan fingerprint density at radius 1 is 1.48 bits per heavy atom. The van der Waals surface area contributed by atoms with Crippen molar-refractivity contribution < 1.29 is 9.90 Å². The maximum atomic E-state index is 12.6. The SMILES string of the molecule is CSc1cccc(-n2c(=S)[nH]c(C)c(CC(=O)O)c2=O)c1. The lowest BCUT2D eigenvalue weighted by molar-refractivity contribution is -0.136. The van der Waals surface area contributed by atoms with Crippen molar-refractivity contribution in [3.8, 4) is 5.69 Å². The minimum Gasteiger partial charge on any atom is -0.481 e. The normalized spacial score (nSPS) is 10.6. The molecule has 2 N–H and O–H groups in total. The smallest absolute Gasteiger partial charge is 0.308 e. The highest BCUT2D eigenvalue weighted by Gasteiger charge is 2.14. The number of nitrogens with zero attached hydrogens (tertiary/aromatic N) is 1. The lowest BCUT2D eigenvalue weighted by Crippen LogP contribution is -2.27. The van der Waals surface area contributed by atoms with Gasteiger partial charge in [0.05, 0.1) is 12.1 Å². The van der Waals surface area contributed by atoms with Crippen molar-refractivity contribution in [2.75, 3.05) is 6.26 Å². The highest BCUT2D eigenvalue weighted by atomic mass is 32.2. The Hall–Kier alpha value is -1.86. The lowest BCUT2D eigenvalue weighted by atomic mass is 10.1. The second-order valence-corrected chi connectivity index (χ2v) is 5.71. The number of hydrogen-bond donors (Lipinski definition) is 2. The number of aromatic amines is 1. The van der Waals surface area contributed by atoms with Gasteiger partial charge in [-0.25, -0.2) is 0 Å². The fourth-order valence-electron chi connectivity index (χ4n) is 2.02. The van der Waals surface area contributed by atoms with Crippen LogP contribution in [0.2, 0.25) is 0 Å². The third-order valence-corrected chi connectivity index (χ3v) is 4.06. The van der Waals surface area contributed by atoms with Crippen LogP contribution in [-0.4, -0.2) is 26.9 Å². The largest absolute Gasteiger partial charge is 0.481 e.